The number of benzene rings is 2. The first kappa shape index (κ1) is 19.6. The van der Waals surface area contributed by atoms with Crippen LogP contribution in [0.1, 0.15) is 34.7 Å². The highest BCUT2D eigenvalue weighted by atomic mass is 19.2. The molecule has 0 unspecified atom stereocenters. The summed E-state index contributed by atoms with van der Waals surface area (Å²) in [6.45, 7) is 0. The molecule has 0 aliphatic heterocycles. The molecule has 28 heavy (non-hydrogen) atoms. The maximum atomic E-state index is 14.0. The summed E-state index contributed by atoms with van der Waals surface area (Å²) < 4.78 is 40.6. The summed E-state index contributed by atoms with van der Waals surface area (Å²) in [5.74, 6) is -4.79. The highest BCUT2D eigenvalue weighted by Gasteiger charge is 2.29. The summed E-state index contributed by atoms with van der Waals surface area (Å²) >= 11 is 0. The second kappa shape index (κ2) is 7.85. The maximum absolute atomic E-state index is 14.0. The monoisotopic (exact) mass is 389 g/mol. The number of carbonyl (C=O) groups excluding carboxylic acids is 2. The molecule has 0 heterocycles. The Morgan fingerprint density at radius 2 is 1.64 bits per heavy atom. The third kappa shape index (κ3) is 4.07. The van der Waals surface area contributed by atoms with Gasteiger partial charge in [-0.3, -0.25) is 9.59 Å². The molecule has 0 saturated heterocycles. The number of hydrogen-bond donors (Lipinski definition) is 3. The molecular formula is C20H18F3N3O2. The summed E-state index contributed by atoms with van der Waals surface area (Å²) in [6.07, 6.45) is 1.97. The van der Waals surface area contributed by atoms with Gasteiger partial charge >= 0.3 is 0 Å². The van der Waals surface area contributed by atoms with Crippen LogP contribution < -0.4 is 16.8 Å². The van der Waals surface area contributed by atoms with Gasteiger partial charge in [0, 0.05) is 34.9 Å². The third-order valence-electron chi connectivity index (χ3n) is 4.75. The van der Waals surface area contributed by atoms with Crippen LogP contribution in [-0.4, -0.2) is 17.9 Å². The van der Waals surface area contributed by atoms with Crippen LogP contribution >= 0.6 is 0 Å². The number of nitrogens with one attached hydrogen (secondary N) is 1. The van der Waals surface area contributed by atoms with E-state index in [1.807, 2.05) is 0 Å². The van der Waals surface area contributed by atoms with Crippen LogP contribution in [0, 0.1) is 17.5 Å². The number of rotatable bonds is 4. The fourth-order valence-electron chi connectivity index (χ4n) is 3.22. The van der Waals surface area contributed by atoms with Crippen molar-refractivity contribution in [2.24, 2.45) is 11.5 Å². The predicted octanol–water partition coefficient (Wildman–Crippen LogP) is 2.97. The lowest BCUT2D eigenvalue weighted by atomic mass is 9.80. The van der Waals surface area contributed by atoms with Crippen molar-refractivity contribution in [2.45, 2.75) is 24.8 Å². The normalized spacial score (nSPS) is 19.1. The van der Waals surface area contributed by atoms with Crippen molar-refractivity contribution in [1.29, 1.82) is 0 Å². The molecule has 8 heteroatoms. The van der Waals surface area contributed by atoms with Crippen LogP contribution in [0.2, 0.25) is 0 Å². The zero-order valence-corrected chi connectivity index (χ0v) is 14.7. The highest BCUT2D eigenvalue weighted by molar-refractivity contribution is 6.04. The van der Waals surface area contributed by atoms with E-state index in [9.17, 15) is 22.8 Å². The SMILES string of the molecule is NC(=O)c1ccc(NC(=O)C2=CC[C@@H](c3cc(F)c(F)cc3F)[C@H](N)C2)cc1. The van der Waals surface area contributed by atoms with Crippen molar-refractivity contribution in [3.63, 3.8) is 0 Å². The van der Waals surface area contributed by atoms with E-state index >= 15 is 0 Å². The van der Waals surface area contributed by atoms with Crippen LogP contribution in [-0.2, 0) is 4.79 Å². The number of anilines is 1. The van der Waals surface area contributed by atoms with Gasteiger partial charge in [0.25, 0.3) is 5.91 Å². The number of carbonyl (C=O) groups is 2. The number of halogens is 3. The molecule has 2 amide bonds. The first-order chi connectivity index (χ1) is 13.3. The highest BCUT2D eigenvalue weighted by Crippen LogP contribution is 2.34. The molecule has 1 aliphatic rings. The zero-order chi connectivity index (χ0) is 20.4. The Labute approximate surface area is 159 Å². The minimum absolute atomic E-state index is 0.0100. The summed E-state index contributed by atoms with van der Waals surface area (Å²) in [7, 11) is 0. The van der Waals surface area contributed by atoms with Gasteiger partial charge in [-0.1, -0.05) is 6.08 Å². The Kier molecular flexibility index (Phi) is 5.51. The lowest BCUT2D eigenvalue weighted by Gasteiger charge is -2.29. The van der Waals surface area contributed by atoms with Gasteiger partial charge in [-0.05, 0) is 48.7 Å². The van der Waals surface area contributed by atoms with Crippen LogP contribution in [0.3, 0.4) is 0 Å². The van der Waals surface area contributed by atoms with Crippen LogP contribution in [0.5, 0.6) is 0 Å². The average Bonchev–Trinajstić information content (AvgIpc) is 2.65. The van der Waals surface area contributed by atoms with Crippen molar-refractivity contribution in [3.05, 3.63) is 76.6 Å². The second-order valence-electron chi connectivity index (χ2n) is 6.62. The number of amides is 2. The Morgan fingerprint density at radius 3 is 2.25 bits per heavy atom. The largest absolute Gasteiger partial charge is 0.366 e. The molecule has 0 fully saturated rings. The molecule has 0 bridgehead atoms. The second-order valence-corrected chi connectivity index (χ2v) is 6.62. The lowest BCUT2D eigenvalue weighted by molar-refractivity contribution is -0.113. The quantitative estimate of drug-likeness (QED) is 0.701. The maximum Gasteiger partial charge on any atom is 0.251 e. The van der Waals surface area contributed by atoms with E-state index in [1.54, 1.807) is 18.2 Å². The molecule has 0 spiro atoms. The molecule has 5 N–H and O–H groups in total. The zero-order valence-electron chi connectivity index (χ0n) is 14.7. The third-order valence-corrected chi connectivity index (χ3v) is 4.75. The fraction of sp³-hybridized carbons (Fsp3) is 0.200. The standard InChI is InChI=1S/C20H18F3N3O2/c21-15-9-17(23)16(22)8-14(15)13-6-3-11(7-18(13)24)20(28)26-12-4-1-10(2-5-12)19(25)27/h1-5,8-9,13,18H,6-7,24H2,(H2,25,27)(H,26,28)/t13-,18+/m0/s1. The molecule has 3 rings (SSSR count). The predicted molar refractivity (Wildman–Crippen MR) is 97.9 cm³/mol. The summed E-state index contributed by atoms with van der Waals surface area (Å²) in [4.78, 5) is 23.5. The van der Waals surface area contributed by atoms with Gasteiger partial charge < -0.3 is 16.8 Å². The molecule has 1 aliphatic carbocycles. The van der Waals surface area contributed by atoms with Crippen molar-refractivity contribution >= 4 is 17.5 Å². The molecule has 2 aromatic rings. The summed E-state index contributed by atoms with van der Waals surface area (Å²) in [5.41, 5.74) is 12.4. The van der Waals surface area contributed by atoms with Crippen LogP contribution in [0.4, 0.5) is 18.9 Å². The van der Waals surface area contributed by atoms with Crippen molar-refractivity contribution in [1.82, 2.24) is 0 Å². The number of allylic oxidation sites excluding steroid dienone is 1. The van der Waals surface area contributed by atoms with Gasteiger partial charge in [-0.15, -0.1) is 0 Å². The average molecular weight is 389 g/mol. The Bertz CT molecular complexity index is 958. The van der Waals surface area contributed by atoms with E-state index < -0.39 is 35.3 Å². The molecule has 0 radical (unpaired) electrons. The van der Waals surface area contributed by atoms with Gasteiger partial charge in [0.05, 0.1) is 0 Å². The smallest absolute Gasteiger partial charge is 0.251 e. The first-order valence-electron chi connectivity index (χ1n) is 8.56. The number of primary amides is 1. The van der Waals surface area contributed by atoms with Gasteiger partial charge in [0.2, 0.25) is 5.91 Å². The van der Waals surface area contributed by atoms with E-state index in [-0.39, 0.29) is 24.3 Å². The van der Waals surface area contributed by atoms with Gasteiger partial charge in [-0.25, -0.2) is 13.2 Å². The minimum atomic E-state index is -1.26. The van der Waals surface area contributed by atoms with Crippen molar-refractivity contribution in [3.8, 4) is 0 Å². The Morgan fingerprint density at radius 1 is 1.00 bits per heavy atom. The van der Waals surface area contributed by atoms with Gasteiger partial charge in [-0.2, -0.15) is 0 Å². The molecule has 146 valence electrons. The van der Waals surface area contributed by atoms with Crippen LogP contribution in [0.25, 0.3) is 0 Å². The van der Waals surface area contributed by atoms with Gasteiger partial charge in [0.15, 0.2) is 11.6 Å². The van der Waals surface area contributed by atoms with Crippen molar-refractivity contribution < 1.29 is 22.8 Å². The van der Waals surface area contributed by atoms with E-state index in [0.717, 1.165) is 6.07 Å². The molecule has 0 aromatic heterocycles. The summed E-state index contributed by atoms with van der Waals surface area (Å²) in [5, 5.41) is 2.68. The fourth-order valence-corrected chi connectivity index (χ4v) is 3.22. The Balaban J connectivity index is 1.72. The van der Waals surface area contributed by atoms with Crippen molar-refractivity contribution in [2.75, 3.05) is 5.32 Å². The molecule has 0 saturated carbocycles. The van der Waals surface area contributed by atoms with Crippen LogP contribution in [0.15, 0.2) is 48.0 Å². The lowest BCUT2D eigenvalue weighted by Crippen LogP contribution is -2.34. The van der Waals surface area contributed by atoms with Gasteiger partial charge in [0.1, 0.15) is 5.82 Å². The Hall–Kier alpha value is -3.13. The molecular weight excluding hydrogens is 371 g/mol. The number of hydrogen-bond acceptors (Lipinski definition) is 3. The van der Waals surface area contributed by atoms with E-state index in [0.29, 0.717) is 22.9 Å². The molecule has 2 aromatic carbocycles. The minimum Gasteiger partial charge on any atom is -0.366 e. The number of nitrogens with two attached hydrogens (primary N) is 2. The topological polar surface area (TPSA) is 98.2 Å². The molecule has 5 nitrogen and oxygen atoms in total. The van der Waals surface area contributed by atoms with E-state index in [2.05, 4.69) is 5.32 Å². The van der Waals surface area contributed by atoms with E-state index in [1.165, 1.54) is 12.1 Å². The summed E-state index contributed by atoms with van der Waals surface area (Å²) in [6, 6.07) is 6.73. The first-order valence-corrected chi connectivity index (χ1v) is 8.56. The molecule has 2 atom stereocenters. The van der Waals surface area contributed by atoms with E-state index in [4.69, 9.17) is 11.5 Å².